The van der Waals surface area contributed by atoms with E-state index in [0.29, 0.717) is 12.6 Å². The van der Waals surface area contributed by atoms with Crippen LogP contribution < -0.4 is 11.2 Å². The normalized spacial score (nSPS) is 21.5. The fourth-order valence-corrected chi connectivity index (χ4v) is 4.76. The number of unbranched alkanes of at least 4 members (excludes halogenated alkanes) is 6. The average Bonchev–Trinajstić information content (AvgIpc) is 3.27. The van der Waals surface area contributed by atoms with Gasteiger partial charge in [0.1, 0.15) is 12.3 Å². The highest BCUT2D eigenvalue weighted by molar-refractivity contribution is 7.47. The molecule has 12 heteroatoms. The van der Waals surface area contributed by atoms with Gasteiger partial charge in [0.15, 0.2) is 0 Å². The summed E-state index contributed by atoms with van der Waals surface area (Å²) in [6, 6.07) is 0. The zero-order valence-corrected chi connectivity index (χ0v) is 23.5. The molecule has 0 bridgehead atoms. The van der Waals surface area contributed by atoms with E-state index in [1.165, 1.54) is 0 Å². The van der Waals surface area contributed by atoms with Crippen molar-refractivity contribution in [2.75, 3.05) is 13.2 Å². The van der Waals surface area contributed by atoms with Crippen LogP contribution in [0.1, 0.15) is 83.8 Å². The van der Waals surface area contributed by atoms with Gasteiger partial charge >= 0.3 is 13.5 Å². The second-order valence-electron chi connectivity index (χ2n) is 9.38. The van der Waals surface area contributed by atoms with Crippen molar-refractivity contribution in [1.82, 2.24) is 9.55 Å². The molecule has 10 nitrogen and oxygen atoms in total. The van der Waals surface area contributed by atoms with Crippen LogP contribution in [0.2, 0.25) is 0 Å². The molecule has 0 spiro atoms. The van der Waals surface area contributed by atoms with Crippen LogP contribution in [0.15, 0.2) is 52.2 Å². The fourth-order valence-electron chi connectivity index (χ4n) is 3.99. The highest BCUT2D eigenvalue weighted by Gasteiger charge is 2.37. The Morgan fingerprint density at radius 3 is 2.41 bits per heavy atom. The Hall–Kier alpha value is -2.14. The summed E-state index contributed by atoms with van der Waals surface area (Å²) < 4.78 is 41.9. The molecule has 0 radical (unpaired) electrons. The van der Waals surface area contributed by atoms with Crippen LogP contribution in [0.25, 0.3) is 0 Å². The Labute approximate surface area is 228 Å². The maximum absolute atomic E-state index is 13.5. The van der Waals surface area contributed by atoms with Crippen LogP contribution in [0.4, 0.5) is 4.39 Å². The van der Waals surface area contributed by atoms with Gasteiger partial charge in [0.05, 0.1) is 25.5 Å². The molecule has 1 saturated heterocycles. The Morgan fingerprint density at radius 1 is 1.05 bits per heavy atom. The topological polar surface area (TPSA) is 140 Å². The Balaban J connectivity index is 1.52. The highest BCUT2D eigenvalue weighted by Crippen LogP contribution is 2.44. The van der Waals surface area contributed by atoms with Crippen LogP contribution in [-0.2, 0) is 18.3 Å². The third-order valence-corrected chi connectivity index (χ3v) is 7.12. The predicted octanol–water partition coefficient (Wildman–Crippen LogP) is 5.05. The second kappa shape index (κ2) is 18.3. The molecule has 1 aliphatic heterocycles. The third kappa shape index (κ3) is 13.2. The number of phosphoric acid groups is 1. The number of hydrogen-bond acceptors (Lipinski definition) is 7. The lowest BCUT2D eigenvalue weighted by Gasteiger charge is -2.18. The Bertz CT molecular complexity index is 1100. The van der Waals surface area contributed by atoms with Crippen molar-refractivity contribution in [1.29, 1.82) is 0 Å². The van der Waals surface area contributed by atoms with E-state index in [-0.39, 0.29) is 13.0 Å². The van der Waals surface area contributed by atoms with Gasteiger partial charge in [0, 0.05) is 6.42 Å². The Morgan fingerprint density at radius 2 is 1.69 bits per heavy atom. The van der Waals surface area contributed by atoms with Gasteiger partial charge in [-0.25, -0.2) is 9.36 Å². The summed E-state index contributed by atoms with van der Waals surface area (Å²) in [7, 11) is -4.36. The summed E-state index contributed by atoms with van der Waals surface area (Å²) in [5.41, 5.74) is -2.06. The molecule has 0 aromatic carbocycles. The second-order valence-corrected chi connectivity index (χ2v) is 10.8. The van der Waals surface area contributed by atoms with Gasteiger partial charge in [-0.1, -0.05) is 69.1 Å². The van der Waals surface area contributed by atoms with Gasteiger partial charge in [-0.05, 0) is 38.5 Å². The van der Waals surface area contributed by atoms with Crippen molar-refractivity contribution in [2.24, 2.45) is 0 Å². The Kier molecular flexibility index (Phi) is 15.5. The first kappa shape index (κ1) is 33.1. The number of nitrogens with one attached hydrogen (secondary N) is 1. The number of phosphoric ester groups is 1. The van der Waals surface area contributed by atoms with Crippen LogP contribution in [-0.4, -0.2) is 45.0 Å². The molecule has 2 rings (SSSR count). The number of hydrogen-bond donors (Lipinski definition) is 3. The summed E-state index contributed by atoms with van der Waals surface area (Å²) in [6.07, 6.45) is 20.4. The quantitative estimate of drug-likeness (QED) is 0.119. The molecule has 1 aromatic heterocycles. The van der Waals surface area contributed by atoms with Crippen molar-refractivity contribution >= 4 is 7.82 Å². The van der Waals surface area contributed by atoms with E-state index >= 15 is 0 Å². The van der Waals surface area contributed by atoms with E-state index in [9.17, 15) is 28.5 Å². The van der Waals surface area contributed by atoms with Gasteiger partial charge in [0.25, 0.3) is 5.56 Å². The molecule has 3 N–H and O–H groups in total. The van der Waals surface area contributed by atoms with E-state index in [4.69, 9.17) is 13.8 Å². The summed E-state index contributed by atoms with van der Waals surface area (Å²) in [5.74, 6) is -1.18. The molecule has 1 unspecified atom stereocenters. The van der Waals surface area contributed by atoms with E-state index in [1.807, 2.05) is 4.98 Å². The van der Waals surface area contributed by atoms with Crippen molar-refractivity contribution in [3.63, 3.8) is 0 Å². The smallest absolute Gasteiger partial charge is 0.390 e. The maximum atomic E-state index is 13.5. The molecule has 39 heavy (non-hydrogen) atoms. The highest BCUT2D eigenvalue weighted by atomic mass is 31.2. The molecule has 0 aliphatic carbocycles. The third-order valence-electron chi connectivity index (χ3n) is 6.14. The number of allylic oxidation sites excluding steroid dienone is 6. The standard InChI is InChI=1S/C27H42FN2O8P/c1-2-3-4-5-6-7-8-9-10-11-12-13-14-15-16-17-18-36-39(34,35)37-21-24-23(31)19-25(38-24)30-20-22(28)26(32)29-27(30)33/h3-4,6-7,9-10,20,23-25,31H,2,5,8,11-19,21H2,1H3,(H,34,35)(H,29,32,33)/b4-3-,7-6-,10-9-/t23-,24+,25+/m0/s1. The van der Waals surface area contributed by atoms with Gasteiger partial charge in [-0.3, -0.25) is 23.4 Å². The average molecular weight is 573 g/mol. The maximum Gasteiger partial charge on any atom is 0.472 e. The minimum Gasteiger partial charge on any atom is -0.390 e. The van der Waals surface area contributed by atoms with Crippen molar-refractivity contribution in [2.45, 2.75) is 96.0 Å². The van der Waals surface area contributed by atoms with Gasteiger partial charge in [-0.15, -0.1) is 0 Å². The number of nitrogens with zero attached hydrogens (tertiary/aromatic N) is 1. The number of aromatic amines is 1. The molecule has 4 atom stereocenters. The summed E-state index contributed by atoms with van der Waals surface area (Å²) in [6.45, 7) is 1.72. The zero-order valence-electron chi connectivity index (χ0n) is 22.6. The number of ether oxygens (including phenoxy) is 1. The van der Waals surface area contributed by atoms with Gasteiger partial charge in [-0.2, -0.15) is 4.39 Å². The zero-order chi connectivity index (χ0) is 28.5. The number of aliphatic hydroxyl groups excluding tert-OH is 1. The van der Waals surface area contributed by atoms with E-state index in [2.05, 4.69) is 43.4 Å². The number of aromatic nitrogens is 2. The SMILES string of the molecule is CC/C=C\C/C=C\C/C=C\CCCCCCCCOP(=O)(O)OC[C@H]1O[C@@H](n2cc(F)c(=O)[nH]c2=O)C[C@@H]1O. The number of H-pyrrole nitrogens is 1. The molecule has 220 valence electrons. The van der Waals surface area contributed by atoms with Crippen LogP contribution in [0.3, 0.4) is 0 Å². The molecule has 0 saturated carbocycles. The molecule has 1 aromatic rings. The van der Waals surface area contributed by atoms with Gasteiger partial charge < -0.3 is 14.7 Å². The first-order valence-electron chi connectivity index (χ1n) is 13.6. The molecule has 1 aliphatic rings. The summed E-state index contributed by atoms with van der Waals surface area (Å²) >= 11 is 0. The first-order valence-corrected chi connectivity index (χ1v) is 15.1. The molecular formula is C27H42FN2O8P. The van der Waals surface area contributed by atoms with Crippen molar-refractivity contribution in [3.05, 3.63) is 69.3 Å². The molecule has 2 heterocycles. The van der Waals surface area contributed by atoms with E-state index < -0.39 is 49.9 Å². The van der Waals surface area contributed by atoms with Crippen LogP contribution in [0.5, 0.6) is 0 Å². The molecule has 1 fully saturated rings. The minimum atomic E-state index is -4.36. The predicted molar refractivity (Wildman–Crippen MR) is 147 cm³/mol. The van der Waals surface area contributed by atoms with Gasteiger partial charge in [0.2, 0.25) is 5.82 Å². The molecule has 0 amide bonds. The fraction of sp³-hybridized carbons (Fsp3) is 0.630. The van der Waals surface area contributed by atoms with Crippen LogP contribution >= 0.6 is 7.82 Å². The lowest BCUT2D eigenvalue weighted by molar-refractivity contribution is -0.0468. The lowest BCUT2D eigenvalue weighted by atomic mass is 10.1. The van der Waals surface area contributed by atoms with Crippen molar-refractivity contribution < 1.29 is 32.7 Å². The monoisotopic (exact) mass is 572 g/mol. The number of aliphatic hydroxyl groups is 1. The van der Waals surface area contributed by atoms with E-state index in [0.717, 1.165) is 62.4 Å². The number of halogens is 1. The minimum absolute atomic E-state index is 0.0566. The number of rotatable bonds is 19. The largest absolute Gasteiger partial charge is 0.472 e. The van der Waals surface area contributed by atoms with Crippen LogP contribution in [0, 0.1) is 5.82 Å². The molecular weight excluding hydrogens is 530 g/mol. The summed E-state index contributed by atoms with van der Waals surface area (Å²) in [4.78, 5) is 34.8. The van der Waals surface area contributed by atoms with Crippen molar-refractivity contribution in [3.8, 4) is 0 Å². The van der Waals surface area contributed by atoms with E-state index in [1.54, 1.807) is 0 Å². The lowest BCUT2D eigenvalue weighted by Crippen LogP contribution is -2.34. The first-order chi connectivity index (χ1) is 18.7. The summed E-state index contributed by atoms with van der Waals surface area (Å²) in [5, 5.41) is 10.2.